The lowest BCUT2D eigenvalue weighted by molar-refractivity contribution is 0.470. The topological polar surface area (TPSA) is 40.5 Å². The quantitative estimate of drug-likeness (QED) is 0.793. The lowest BCUT2D eigenvalue weighted by Crippen LogP contribution is -1.90. The minimum atomic E-state index is 0.287. The number of rotatable bonds is 1. The molecule has 0 heterocycles. The van der Waals surface area contributed by atoms with Gasteiger partial charge >= 0.3 is 0 Å². The molecule has 0 aromatic heterocycles. The maximum absolute atomic E-state index is 9.84. The van der Waals surface area contributed by atoms with Crippen LogP contribution in [0.15, 0.2) is 24.3 Å². The summed E-state index contributed by atoms with van der Waals surface area (Å²) in [5, 5.41) is 19.7. The highest BCUT2D eigenvalue weighted by Crippen LogP contribution is 2.34. The van der Waals surface area contributed by atoms with Crippen molar-refractivity contribution in [2.45, 2.75) is 27.7 Å². The second kappa shape index (κ2) is 4.37. The highest BCUT2D eigenvalue weighted by atomic mass is 16.3. The van der Waals surface area contributed by atoms with Crippen molar-refractivity contribution in [2.24, 2.45) is 0 Å². The molecule has 0 fully saturated rings. The van der Waals surface area contributed by atoms with Crippen molar-refractivity contribution in [1.82, 2.24) is 0 Å². The molecule has 0 aliphatic rings. The molecule has 0 amide bonds. The van der Waals surface area contributed by atoms with Gasteiger partial charge in [0, 0.05) is 0 Å². The van der Waals surface area contributed by atoms with Gasteiger partial charge in [-0.05, 0) is 73.2 Å². The molecular weight excluding hydrogens is 224 g/mol. The van der Waals surface area contributed by atoms with Gasteiger partial charge in [-0.25, -0.2) is 0 Å². The van der Waals surface area contributed by atoms with Crippen LogP contribution in [0.4, 0.5) is 0 Å². The lowest BCUT2D eigenvalue weighted by atomic mass is 9.93. The molecule has 0 aliphatic heterocycles. The fraction of sp³-hybridized carbons (Fsp3) is 0.250. The number of hydrogen-bond donors (Lipinski definition) is 2. The Hall–Kier alpha value is -1.96. The number of aryl methyl sites for hydroxylation is 4. The van der Waals surface area contributed by atoms with Crippen LogP contribution >= 0.6 is 0 Å². The smallest absolute Gasteiger partial charge is 0.119 e. The van der Waals surface area contributed by atoms with Crippen LogP contribution in [-0.4, -0.2) is 10.2 Å². The van der Waals surface area contributed by atoms with Crippen LogP contribution in [0.2, 0.25) is 0 Å². The van der Waals surface area contributed by atoms with Gasteiger partial charge in [0.2, 0.25) is 0 Å². The summed E-state index contributed by atoms with van der Waals surface area (Å²) in [7, 11) is 0. The summed E-state index contributed by atoms with van der Waals surface area (Å²) in [4.78, 5) is 0. The summed E-state index contributed by atoms with van der Waals surface area (Å²) in [5.74, 6) is 0.574. The van der Waals surface area contributed by atoms with Crippen LogP contribution in [0.5, 0.6) is 11.5 Å². The van der Waals surface area contributed by atoms with Gasteiger partial charge in [-0.2, -0.15) is 0 Å². The van der Waals surface area contributed by atoms with Crippen LogP contribution in [0.3, 0.4) is 0 Å². The normalized spacial score (nSPS) is 10.7. The van der Waals surface area contributed by atoms with Gasteiger partial charge in [-0.3, -0.25) is 0 Å². The average molecular weight is 242 g/mol. The molecule has 94 valence electrons. The second-order valence-corrected chi connectivity index (χ2v) is 4.91. The molecule has 0 spiro atoms. The number of hydrogen-bond acceptors (Lipinski definition) is 2. The van der Waals surface area contributed by atoms with E-state index in [1.807, 2.05) is 39.8 Å². The third kappa shape index (κ3) is 2.06. The van der Waals surface area contributed by atoms with Crippen molar-refractivity contribution >= 4 is 0 Å². The first kappa shape index (κ1) is 12.5. The first-order chi connectivity index (χ1) is 8.40. The Morgan fingerprint density at radius 2 is 0.889 bits per heavy atom. The zero-order valence-corrected chi connectivity index (χ0v) is 11.2. The Balaban J connectivity index is 2.69. The Morgan fingerprint density at radius 1 is 0.556 bits per heavy atom. The van der Waals surface area contributed by atoms with Gasteiger partial charge in [0.1, 0.15) is 11.5 Å². The van der Waals surface area contributed by atoms with Gasteiger partial charge < -0.3 is 10.2 Å². The third-order valence-electron chi connectivity index (χ3n) is 3.38. The van der Waals surface area contributed by atoms with Gasteiger partial charge in [0.05, 0.1) is 0 Å². The Morgan fingerprint density at radius 3 is 1.22 bits per heavy atom. The molecule has 2 aromatic rings. The third-order valence-corrected chi connectivity index (χ3v) is 3.38. The van der Waals surface area contributed by atoms with Crippen molar-refractivity contribution in [3.63, 3.8) is 0 Å². The molecule has 0 unspecified atom stereocenters. The number of aromatic hydroxyl groups is 2. The predicted octanol–water partition coefficient (Wildman–Crippen LogP) is 4.00. The molecule has 2 N–H and O–H groups in total. The molecule has 0 aliphatic carbocycles. The van der Waals surface area contributed by atoms with E-state index in [1.54, 1.807) is 12.1 Å². The summed E-state index contributed by atoms with van der Waals surface area (Å²) in [6.07, 6.45) is 0. The molecule has 2 nitrogen and oxygen atoms in total. The predicted molar refractivity (Wildman–Crippen MR) is 74.2 cm³/mol. The lowest BCUT2D eigenvalue weighted by Gasteiger charge is -2.13. The number of benzene rings is 2. The molecule has 2 heteroatoms. The minimum Gasteiger partial charge on any atom is -0.508 e. The van der Waals surface area contributed by atoms with Gasteiger partial charge in [0.25, 0.3) is 0 Å². The minimum absolute atomic E-state index is 0.287. The molecule has 0 radical (unpaired) electrons. The molecule has 0 bridgehead atoms. The SMILES string of the molecule is Cc1cc(C)c(-c2cc(O)c(C)cc2C)cc1O. The zero-order valence-electron chi connectivity index (χ0n) is 11.2. The van der Waals surface area contributed by atoms with E-state index in [2.05, 4.69) is 0 Å². The molecule has 2 aromatic carbocycles. The van der Waals surface area contributed by atoms with Gasteiger partial charge in [-0.1, -0.05) is 12.1 Å². The molecule has 2 rings (SSSR count). The van der Waals surface area contributed by atoms with Crippen molar-refractivity contribution in [2.75, 3.05) is 0 Å². The van der Waals surface area contributed by atoms with E-state index < -0.39 is 0 Å². The van der Waals surface area contributed by atoms with Crippen LogP contribution in [0.1, 0.15) is 22.3 Å². The summed E-state index contributed by atoms with van der Waals surface area (Å²) < 4.78 is 0. The van der Waals surface area contributed by atoms with E-state index in [0.717, 1.165) is 33.4 Å². The maximum Gasteiger partial charge on any atom is 0.119 e. The fourth-order valence-electron chi connectivity index (χ4n) is 2.26. The van der Waals surface area contributed by atoms with E-state index in [0.29, 0.717) is 0 Å². The highest BCUT2D eigenvalue weighted by Gasteiger charge is 2.10. The van der Waals surface area contributed by atoms with Gasteiger partial charge in [0.15, 0.2) is 0 Å². The molecular formula is C16H18O2. The van der Waals surface area contributed by atoms with Crippen molar-refractivity contribution in [3.05, 3.63) is 46.5 Å². The van der Waals surface area contributed by atoms with Crippen LogP contribution in [-0.2, 0) is 0 Å². The summed E-state index contributed by atoms with van der Waals surface area (Å²) in [6, 6.07) is 7.45. The standard InChI is InChI=1S/C16H18O2/c1-9-5-11(3)15(17)7-13(9)14-8-16(18)12(4)6-10(14)2/h5-8,17-18H,1-4H3. The van der Waals surface area contributed by atoms with Gasteiger partial charge in [-0.15, -0.1) is 0 Å². The summed E-state index contributed by atoms with van der Waals surface area (Å²) in [6.45, 7) is 7.79. The van der Waals surface area contributed by atoms with Crippen molar-refractivity contribution < 1.29 is 10.2 Å². The van der Waals surface area contributed by atoms with Crippen molar-refractivity contribution in [3.8, 4) is 22.6 Å². The van der Waals surface area contributed by atoms with Crippen LogP contribution in [0, 0.1) is 27.7 Å². The molecule has 0 atom stereocenters. The van der Waals surface area contributed by atoms with Crippen LogP contribution < -0.4 is 0 Å². The number of phenols is 2. The fourth-order valence-corrected chi connectivity index (χ4v) is 2.26. The molecule has 18 heavy (non-hydrogen) atoms. The Labute approximate surface area is 108 Å². The van der Waals surface area contributed by atoms with E-state index >= 15 is 0 Å². The van der Waals surface area contributed by atoms with Crippen LogP contribution in [0.25, 0.3) is 11.1 Å². The Bertz CT molecular complexity index is 557. The molecule has 0 saturated heterocycles. The first-order valence-corrected chi connectivity index (χ1v) is 6.01. The average Bonchev–Trinajstić information content (AvgIpc) is 2.29. The second-order valence-electron chi connectivity index (χ2n) is 4.91. The Kier molecular flexibility index (Phi) is 3.04. The van der Waals surface area contributed by atoms with E-state index in [4.69, 9.17) is 0 Å². The highest BCUT2D eigenvalue weighted by molar-refractivity contribution is 5.74. The number of phenolic OH excluding ortho intramolecular Hbond substituents is 2. The summed E-state index contributed by atoms with van der Waals surface area (Å²) in [5.41, 5.74) is 5.85. The maximum atomic E-state index is 9.84. The van der Waals surface area contributed by atoms with E-state index in [-0.39, 0.29) is 11.5 Å². The van der Waals surface area contributed by atoms with E-state index in [1.165, 1.54) is 0 Å². The van der Waals surface area contributed by atoms with Crippen molar-refractivity contribution in [1.29, 1.82) is 0 Å². The van der Waals surface area contributed by atoms with E-state index in [9.17, 15) is 10.2 Å². The summed E-state index contributed by atoms with van der Waals surface area (Å²) >= 11 is 0. The first-order valence-electron chi connectivity index (χ1n) is 6.01. The zero-order chi connectivity index (χ0) is 13.4. The molecule has 0 saturated carbocycles. The monoisotopic (exact) mass is 242 g/mol. The largest absolute Gasteiger partial charge is 0.508 e.